The minimum atomic E-state index is -0.257. The Hall–Kier alpha value is -1.84. The highest BCUT2D eigenvalue weighted by molar-refractivity contribution is 5.80. The maximum atomic E-state index is 13.1. The molecule has 1 amide bonds. The van der Waals surface area contributed by atoms with Crippen molar-refractivity contribution in [2.45, 2.75) is 13.0 Å². The fourth-order valence-corrected chi connectivity index (χ4v) is 1.70. The molecule has 0 saturated heterocycles. The van der Waals surface area contributed by atoms with Crippen molar-refractivity contribution in [3.63, 3.8) is 0 Å². The van der Waals surface area contributed by atoms with Crippen LogP contribution in [0.3, 0.4) is 0 Å². The summed E-state index contributed by atoms with van der Waals surface area (Å²) in [6.07, 6.45) is 2.27. The summed E-state index contributed by atoms with van der Waals surface area (Å²) in [6.45, 7) is 0.562. The quantitative estimate of drug-likeness (QED) is 0.842. The first-order valence-electron chi connectivity index (χ1n) is 5.15. The monoisotopic (exact) mass is 220 g/mol. The molecule has 0 saturated carbocycles. The SMILES string of the molecule is CNC(=O)CCn1ccc2ccc(F)cc21. The minimum Gasteiger partial charge on any atom is -0.359 e. The topological polar surface area (TPSA) is 34.0 Å². The van der Waals surface area contributed by atoms with E-state index < -0.39 is 0 Å². The Labute approximate surface area is 92.9 Å². The fourth-order valence-electron chi connectivity index (χ4n) is 1.70. The van der Waals surface area contributed by atoms with Gasteiger partial charge in [-0.25, -0.2) is 4.39 Å². The van der Waals surface area contributed by atoms with Crippen molar-refractivity contribution in [2.24, 2.45) is 0 Å². The number of hydrogen-bond acceptors (Lipinski definition) is 1. The Balaban J connectivity index is 2.24. The third kappa shape index (κ3) is 2.05. The smallest absolute Gasteiger partial charge is 0.221 e. The summed E-state index contributed by atoms with van der Waals surface area (Å²) in [5.41, 5.74) is 0.823. The van der Waals surface area contributed by atoms with E-state index in [2.05, 4.69) is 5.32 Å². The molecule has 4 heteroatoms. The second-order valence-electron chi connectivity index (χ2n) is 3.64. The summed E-state index contributed by atoms with van der Waals surface area (Å²) in [6, 6.07) is 6.57. The molecular weight excluding hydrogens is 207 g/mol. The van der Waals surface area contributed by atoms with E-state index in [0.29, 0.717) is 13.0 Å². The van der Waals surface area contributed by atoms with Crippen LogP contribution < -0.4 is 5.32 Å². The molecule has 1 aromatic heterocycles. The van der Waals surface area contributed by atoms with Crippen LogP contribution in [0.1, 0.15) is 6.42 Å². The number of hydrogen-bond donors (Lipinski definition) is 1. The van der Waals surface area contributed by atoms with Crippen LogP contribution >= 0.6 is 0 Å². The van der Waals surface area contributed by atoms with Crippen LogP contribution in [-0.4, -0.2) is 17.5 Å². The molecular formula is C12H13FN2O. The predicted octanol–water partition coefficient (Wildman–Crippen LogP) is 1.92. The summed E-state index contributed by atoms with van der Waals surface area (Å²) < 4.78 is 14.9. The van der Waals surface area contributed by atoms with Gasteiger partial charge in [-0.3, -0.25) is 4.79 Å². The number of nitrogens with one attached hydrogen (secondary N) is 1. The molecule has 0 fully saturated rings. The van der Waals surface area contributed by atoms with Gasteiger partial charge < -0.3 is 9.88 Å². The van der Waals surface area contributed by atoms with Crippen molar-refractivity contribution in [1.29, 1.82) is 0 Å². The third-order valence-corrected chi connectivity index (χ3v) is 2.59. The summed E-state index contributed by atoms with van der Waals surface area (Å²) in [7, 11) is 1.61. The van der Waals surface area contributed by atoms with E-state index in [9.17, 15) is 9.18 Å². The molecule has 0 aliphatic carbocycles. The fraction of sp³-hybridized carbons (Fsp3) is 0.250. The first-order chi connectivity index (χ1) is 7.70. The molecule has 16 heavy (non-hydrogen) atoms. The molecule has 1 N–H and O–H groups in total. The number of nitrogens with zero attached hydrogens (tertiary/aromatic N) is 1. The molecule has 2 rings (SSSR count). The van der Waals surface area contributed by atoms with E-state index >= 15 is 0 Å². The first-order valence-corrected chi connectivity index (χ1v) is 5.15. The largest absolute Gasteiger partial charge is 0.359 e. The molecule has 0 aliphatic heterocycles. The highest BCUT2D eigenvalue weighted by Gasteiger charge is 2.04. The van der Waals surface area contributed by atoms with Crippen molar-refractivity contribution in [2.75, 3.05) is 7.05 Å². The number of rotatable bonds is 3. The van der Waals surface area contributed by atoms with Gasteiger partial charge in [0, 0.05) is 26.2 Å². The lowest BCUT2D eigenvalue weighted by Crippen LogP contribution is -2.19. The first kappa shape index (κ1) is 10.7. The average molecular weight is 220 g/mol. The van der Waals surface area contributed by atoms with Gasteiger partial charge in [-0.05, 0) is 29.7 Å². The molecule has 0 spiro atoms. The van der Waals surface area contributed by atoms with Gasteiger partial charge in [0.05, 0.1) is 5.52 Å². The van der Waals surface area contributed by atoms with Gasteiger partial charge >= 0.3 is 0 Å². The molecule has 0 unspecified atom stereocenters. The van der Waals surface area contributed by atoms with Crippen LogP contribution in [0.5, 0.6) is 0 Å². The maximum Gasteiger partial charge on any atom is 0.221 e. The van der Waals surface area contributed by atoms with Crippen molar-refractivity contribution >= 4 is 16.8 Å². The summed E-state index contributed by atoms with van der Waals surface area (Å²) >= 11 is 0. The lowest BCUT2D eigenvalue weighted by atomic mass is 10.2. The Morgan fingerprint density at radius 1 is 1.44 bits per heavy atom. The van der Waals surface area contributed by atoms with Crippen molar-refractivity contribution in [3.05, 3.63) is 36.3 Å². The molecule has 0 bridgehead atoms. The van der Waals surface area contributed by atoms with Crippen LogP contribution in [-0.2, 0) is 11.3 Å². The van der Waals surface area contributed by atoms with Crippen molar-refractivity contribution in [3.8, 4) is 0 Å². The molecule has 0 radical (unpaired) electrons. The average Bonchev–Trinajstić information content (AvgIpc) is 2.68. The number of carbonyl (C=O) groups is 1. The highest BCUT2D eigenvalue weighted by atomic mass is 19.1. The zero-order chi connectivity index (χ0) is 11.5. The number of aryl methyl sites for hydroxylation is 1. The second kappa shape index (κ2) is 4.35. The van der Waals surface area contributed by atoms with E-state index in [1.54, 1.807) is 13.1 Å². The Morgan fingerprint density at radius 2 is 2.25 bits per heavy atom. The van der Waals surface area contributed by atoms with Crippen LogP contribution in [0.25, 0.3) is 10.9 Å². The molecule has 0 aliphatic rings. The lowest BCUT2D eigenvalue weighted by Gasteiger charge is -2.04. The molecule has 84 valence electrons. The van der Waals surface area contributed by atoms with Gasteiger partial charge in [0.25, 0.3) is 0 Å². The lowest BCUT2D eigenvalue weighted by molar-refractivity contribution is -0.120. The van der Waals surface area contributed by atoms with Gasteiger partial charge in [-0.1, -0.05) is 0 Å². The zero-order valence-corrected chi connectivity index (χ0v) is 9.03. The standard InChI is InChI=1S/C12H13FN2O/c1-14-12(16)5-7-15-6-4-9-2-3-10(13)8-11(9)15/h2-4,6,8H,5,7H2,1H3,(H,14,16). The minimum absolute atomic E-state index is 0.0155. The third-order valence-electron chi connectivity index (χ3n) is 2.59. The van der Waals surface area contributed by atoms with Gasteiger partial charge in [0.1, 0.15) is 5.82 Å². The Morgan fingerprint density at radius 3 is 3.00 bits per heavy atom. The number of aromatic nitrogens is 1. The summed E-state index contributed by atoms with van der Waals surface area (Å²) in [5, 5.41) is 3.55. The van der Waals surface area contributed by atoms with E-state index in [1.807, 2.05) is 16.8 Å². The molecule has 1 aromatic carbocycles. The van der Waals surface area contributed by atoms with E-state index in [0.717, 1.165) is 10.9 Å². The van der Waals surface area contributed by atoms with Crippen molar-refractivity contribution in [1.82, 2.24) is 9.88 Å². The summed E-state index contributed by atoms with van der Waals surface area (Å²) in [4.78, 5) is 11.1. The number of benzene rings is 1. The molecule has 1 heterocycles. The number of carbonyl (C=O) groups excluding carboxylic acids is 1. The molecule has 3 nitrogen and oxygen atoms in total. The maximum absolute atomic E-state index is 13.1. The highest BCUT2D eigenvalue weighted by Crippen LogP contribution is 2.17. The number of amides is 1. The van der Waals surface area contributed by atoms with Crippen LogP contribution in [0, 0.1) is 5.82 Å². The van der Waals surface area contributed by atoms with Crippen LogP contribution in [0.15, 0.2) is 30.5 Å². The van der Waals surface area contributed by atoms with E-state index in [-0.39, 0.29) is 11.7 Å². The van der Waals surface area contributed by atoms with Gasteiger partial charge in [0.15, 0.2) is 0 Å². The van der Waals surface area contributed by atoms with Crippen molar-refractivity contribution < 1.29 is 9.18 Å². The molecule has 0 atom stereocenters. The van der Waals surface area contributed by atoms with Gasteiger partial charge in [-0.15, -0.1) is 0 Å². The van der Waals surface area contributed by atoms with Gasteiger partial charge in [0.2, 0.25) is 5.91 Å². The Kier molecular flexibility index (Phi) is 2.90. The Bertz CT molecular complexity index is 519. The van der Waals surface area contributed by atoms with Gasteiger partial charge in [-0.2, -0.15) is 0 Å². The normalized spacial score (nSPS) is 10.6. The van der Waals surface area contributed by atoms with Crippen LogP contribution in [0.4, 0.5) is 4.39 Å². The molecule has 2 aromatic rings. The second-order valence-corrected chi connectivity index (χ2v) is 3.64. The zero-order valence-electron chi connectivity index (χ0n) is 9.03. The summed E-state index contributed by atoms with van der Waals surface area (Å²) in [5.74, 6) is -0.273. The predicted molar refractivity (Wildman–Crippen MR) is 60.6 cm³/mol. The van der Waals surface area contributed by atoms with Crippen LogP contribution in [0.2, 0.25) is 0 Å². The number of fused-ring (bicyclic) bond motifs is 1. The van der Waals surface area contributed by atoms with E-state index in [1.165, 1.54) is 12.1 Å². The number of halogens is 1. The van der Waals surface area contributed by atoms with E-state index in [4.69, 9.17) is 0 Å².